The van der Waals surface area contributed by atoms with Crippen molar-refractivity contribution in [2.45, 2.75) is 31.9 Å². The van der Waals surface area contributed by atoms with Gasteiger partial charge in [0.25, 0.3) is 5.91 Å². The van der Waals surface area contributed by atoms with Gasteiger partial charge >= 0.3 is 0 Å². The molecule has 1 amide bonds. The van der Waals surface area contributed by atoms with Crippen molar-refractivity contribution in [3.63, 3.8) is 0 Å². The molecule has 5 rings (SSSR count). The summed E-state index contributed by atoms with van der Waals surface area (Å²) in [7, 11) is 0. The quantitative estimate of drug-likeness (QED) is 0.532. The zero-order chi connectivity index (χ0) is 21.4. The molecule has 0 radical (unpaired) electrons. The highest BCUT2D eigenvalue weighted by molar-refractivity contribution is 7.17. The number of aryl methyl sites for hydroxylation is 1. The first-order chi connectivity index (χ1) is 15.0. The van der Waals surface area contributed by atoms with E-state index in [1.807, 2.05) is 59.1 Å². The van der Waals surface area contributed by atoms with Crippen LogP contribution in [0, 0.1) is 6.92 Å². The van der Waals surface area contributed by atoms with Gasteiger partial charge in [0.05, 0.1) is 35.2 Å². The van der Waals surface area contributed by atoms with Crippen LogP contribution in [0.15, 0.2) is 55.1 Å². The Morgan fingerprint density at radius 3 is 2.81 bits per heavy atom. The molecular weight excluding hydrogens is 410 g/mol. The number of fused-ring (bicyclic) bond motifs is 1. The lowest BCUT2D eigenvalue weighted by Crippen LogP contribution is -2.48. The maximum absolute atomic E-state index is 13.1. The third-order valence-electron chi connectivity index (χ3n) is 5.90. The molecule has 5 heterocycles. The van der Waals surface area contributed by atoms with Gasteiger partial charge in [0.2, 0.25) is 0 Å². The molecule has 4 aromatic rings. The van der Waals surface area contributed by atoms with Gasteiger partial charge in [-0.1, -0.05) is 6.07 Å². The Kier molecular flexibility index (Phi) is 5.03. The Balaban J connectivity index is 1.28. The summed E-state index contributed by atoms with van der Waals surface area (Å²) < 4.78 is 2.05. The fourth-order valence-electron chi connectivity index (χ4n) is 4.10. The number of pyridine rings is 2. The second-order valence-corrected chi connectivity index (χ2v) is 9.04. The average Bonchev–Trinajstić information content (AvgIpc) is 3.38. The largest absolute Gasteiger partial charge is 0.388 e. The predicted molar refractivity (Wildman–Crippen MR) is 120 cm³/mol. The molecule has 31 heavy (non-hydrogen) atoms. The summed E-state index contributed by atoms with van der Waals surface area (Å²) in [6, 6.07) is 9.67. The molecule has 1 aliphatic rings. The van der Waals surface area contributed by atoms with Crippen molar-refractivity contribution in [2.75, 3.05) is 13.1 Å². The van der Waals surface area contributed by atoms with Crippen molar-refractivity contribution in [2.24, 2.45) is 0 Å². The summed E-state index contributed by atoms with van der Waals surface area (Å²) in [6.07, 6.45) is 8.37. The van der Waals surface area contributed by atoms with Gasteiger partial charge in [0.15, 0.2) is 0 Å². The molecule has 0 atom stereocenters. The van der Waals surface area contributed by atoms with Gasteiger partial charge in [-0.3, -0.25) is 14.8 Å². The van der Waals surface area contributed by atoms with E-state index in [0.717, 1.165) is 27.3 Å². The number of likely N-dealkylation sites (tertiary alicyclic amines) is 1. The minimum atomic E-state index is -0.847. The first-order valence-electron chi connectivity index (χ1n) is 10.3. The predicted octanol–water partition coefficient (Wildman–Crippen LogP) is 3.53. The van der Waals surface area contributed by atoms with Crippen LogP contribution in [0.4, 0.5) is 0 Å². The van der Waals surface area contributed by atoms with Gasteiger partial charge in [0.1, 0.15) is 9.88 Å². The molecule has 0 aliphatic carbocycles. The van der Waals surface area contributed by atoms with E-state index < -0.39 is 5.60 Å². The van der Waals surface area contributed by atoms with Crippen LogP contribution in [0.25, 0.3) is 21.6 Å². The van der Waals surface area contributed by atoms with Crippen LogP contribution in [0.1, 0.15) is 28.2 Å². The highest BCUT2D eigenvalue weighted by Crippen LogP contribution is 2.31. The Labute approximate surface area is 184 Å². The molecule has 0 aromatic carbocycles. The normalized spacial score (nSPS) is 16.0. The molecule has 4 aromatic heterocycles. The Morgan fingerprint density at radius 2 is 2.03 bits per heavy atom. The smallest absolute Gasteiger partial charge is 0.265 e. The number of rotatable bonds is 4. The Hall–Kier alpha value is -3.10. The maximum atomic E-state index is 13.1. The molecule has 0 bridgehead atoms. The summed E-state index contributed by atoms with van der Waals surface area (Å²) in [5, 5.41) is 13.0. The average molecular weight is 434 g/mol. The van der Waals surface area contributed by atoms with Gasteiger partial charge in [-0.05, 0) is 44.0 Å². The van der Waals surface area contributed by atoms with Gasteiger partial charge in [-0.15, -0.1) is 11.3 Å². The second kappa shape index (κ2) is 7.86. The van der Waals surface area contributed by atoms with Crippen LogP contribution < -0.4 is 0 Å². The molecule has 1 aliphatic heterocycles. The lowest BCUT2D eigenvalue weighted by molar-refractivity contribution is -0.0283. The highest BCUT2D eigenvalue weighted by Gasteiger charge is 2.35. The van der Waals surface area contributed by atoms with E-state index in [2.05, 4.69) is 15.0 Å². The van der Waals surface area contributed by atoms with Crippen molar-refractivity contribution < 1.29 is 9.90 Å². The summed E-state index contributed by atoms with van der Waals surface area (Å²) >= 11 is 1.38. The van der Waals surface area contributed by atoms with Crippen LogP contribution >= 0.6 is 11.3 Å². The lowest BCUT2D eigenvalue weighted by atomic mass is 9.91. The number of carbonyl (C=O) groups is 1. The van der Waals surface area contributed by atoms with Crippen LogP contribution in [-0.4, -0.2) is 54.1 Å². The highest BCUT2D eigenvalue weighted by atomic mass is 32.1. The van der Waals surface area contributed by atoms with Crippen LogP contribution in [-0.2, 0) is 6.54 Å². The summed E-state index contributed by atoms with van der Waals surface area (Å²) in [5.41, 5.74) is 1.66. The molecule has 1 saturated heterocycles. The number of aromatic nitrogens is 4. The molecule has 8 heteroatoms. The number of carbonyl (C=O) groups excluding carboxylic acids is 1. The maximum Gasteiger partial charge on any atom is 0.265 e. The summed E-state index contributed by atoms with van der Waals surface area (Å²) in [5.74, 6) is -0.0187. The van der Waals surface area contributed by atoms with Crippen molar-refractivity contribution in [3.8, 4) is 10.7 Å². The molecule has 1 N–H and O–H groups in total. The van der Waals surface area contributed by atoms with Crippen LogP contribution in [0.5, 0.6) is 0 Å². The number of hydrogen-bond acceptors (Lipinski definition) is 6. The first-order valence-corrected chi connectivity index (χ1v) is 11.1. The molecule has 158 valence electrons. The molecule has 1 fully saturated rings. The first kappa shape index (κ1) is 19.8. The second-order valence-electron chi connectivity index (χ2n) is 8.04. The number of piperidine rings is 1. The minimum absolute atomic E-state index is 0.0187. The molecular formula is C23H23N5O2S. The molecule has 7 nitrogen and oxygen atoms in total. The van der Waals surface area contributed by atoms with Gasteiger partial charge in [-0.25, -0.2) is 4.98 Å². The van der Waals surface area contributed by atoms with E-state index in [1.54, 1.807) is 12.4 Å². The third kappa shape index (κ3) is 3.84. The van der Waals surface area contributed by atoms with Crippen molar-refractivity contribution in [1.82, 2.24) is 24.4 Å². The van der Waals surface area contributed by atoms with E-state index in [1.165, 1.54) is 11.3 Å². The number of thiazole rings is 1. The topological polar surface area (TPSA) is 84.1 Å². The summed E-state index contributed by atoms with van der Waals surface area (Å²) in [6.45, 7) is 3.39. The monoisotopic (exact) mass is 433 g/mol. The van der Waals surface area contributed by atoms with E-state index in [9.17, 15) is 9.90 Å². The Bertz CT molecular complexity index is 1230. The van der Waals surface area contributed by atoms with E-state index >= 15 is 0 Å². The fourth-order valence-corrected chi connectivity index (χ4v) is 5.12. The molecule has 0 saturated carbocycles. The van der Waals surface area contributed by atoms with Crippen LogP contribution in [0.3, 0.4) is 0 Å². The number of amides is 1. The molecule has 0 unspecified atom stereocenters. The standard InChI is InChI=1S/C23H23N5O2S/c1-16-20(31-21(26-16)18-4-2-3-9-25-18)22(29)27-12-7-23(30,8-13-27)15-28-11-6-17-5-10-24-14-19(17)28/h2-6,9-11,14,30H,7-8,12-13,15H2,1H3. The summed E-state index contributed by atoms with van der Waals surface area (Å²) in [4.78, 5) is 28.7. The lowest BCUT2D eigenvalue weighted by Gasteiger charge is -2.38. The third-order valence-corrected chi connectivity index (χ3v) is 7.07. The SMILES string of the molecule is Cc1nc(-c2ccccn2)sc1C(=O)N1CCC(O)(Cn2ccc3ccncc32)CC1. The number of aliphatic hydroxyl groups is 1. The minimum Gasteiger partial charge on any atom is -0.388 e. The zero-order valence-electron chi connectivity index (χ0n) is 17.2. The number of hydrogen-bond donors (Lipinski definition) is 1. The van der Waals surface area contributed by atoms with E-state index in [-0.39, 0.29) is 5.91 Å². The molecule has 0 spiro atoms. The number of nitrogens with zero attached hydrogens (tertiary/aromatic N) is 5. The van der Waals surface area contributed by atoms with E-state index in [0.29, 0.717) is 37.4 Å². The van der Waals surface area contributed by atoms with Crippen molar-refractivity contribution >= 4 is 28.1 Å². The van der Waals surface area contributed by atoms with Crippen LogP contribution in [0.2, 0.25) is 0 Å². The zero-order valence-corrected chi connectivity index (χ0v) is 18.0. The Morgan fingerprint density at radius 1 is 1.19 bits per heavy atom. The van der Waals surface area contributed by atoms with E-state index in [4.69, 9.17) is 0 Å². The van der Waals surface area contributed by atoms with Gasteiger partial charge in [0, 0.05) is 37.1 Å². The van der Waals surface area contributed by atoms with Crippen molar-refractivity contribution in [3.05, 3.63) is 65.7 Å². The fraction of sp³-hybridized carbons (Fsp3) is 0.304. The van der Waals surface area contributed by atoms with Crippen molar-refractivity contribution in [1.29, 1.82) is 0 Å². The van der Waals surface area contributed by atoms with Gasteiger partial charge < -0.3 is 14.6 Å². The van der Waals surface area contributed by atoms with Gasteiger partial charge in [-0.2, -0.15) is 0 Å².